The van der Waals surface area contributed by atoms with E-state index in [0.29, 0.717) is 0 Å². The maximum atomic E-state index is 12.4. The van der Waals surface area contributed by atoms with Gasteiger partial charge in [0.05, 0.1) is 11.0 Å². The van der Waals surface area contributed by atoms with Crippen LogP contribution < -0.4 is 0 Å². The van der Waals surface area contributed by atoms with Crippen molar-refractivity contribution in [2.45, 2.75) is 24.8 Å². The lowest BCUT2D eigenvalue weighted by Crippen LogP contribution is -2.37. The van der Waals surface area contributed by atoms with E-state index in [2.05, 4.69) is 0 Å². The fourth-order valence-electron chi connectivity index (χ4n) is 1.57. The third-order valence-corrected chi connectivity index (χ3v) is 4.52. The average molecular weight is 283 g/mol. The van der Waals surface area contributed by atoms with E-state index in [9.17, 15) is 18.5 Å². The van der Waals surface area contributed by atoms with Crippen LogP contribution in [-0.4, -0.2) is 30.2 Å². The van der Waals surface area contributed by atoms with Crippen molar-refractivity contribution >= 4 is 15.7 Å². The summed E-state index contributed by atoms with van der Waals surface area (Å²) in [6, 6.07) is 6.37. The number of nitro benzene ring substituents is 1. The Morgan fingerprint density at radius 2 is 2.00 bits per heavy atom. The van der Waals surface area contributed by atoms with Crippen LogP contribution in [0.2, 0.25) is 0 Å². The highest BCUT2D eigenvalue weighted by molar-refractivity contribution is 7.89. The number of para-hydroxylation sites is 1. The first kappa shape index (κ1) is 15.1. The molecular formula is C11H13N3O4S. The second-order valence-electron chi connectivity index (χ2n) is 4.03. The SMILES string of the molecule is CC(C)N(CC#N)S(=O)(=O)c1ccccc1[N+](=O)[O-]. The van der Waals surface area contributed by atoms with Crippen LogP contribution in [0.1, 0.15) is 13.8 Å². The monoisotopic (exact) mass is 283 g/mol. The van der Waals surface area contributed by atoms with Crippen LogP contribution in [0, 0.1) is 21.4 Å². The summed E-state index contributed by atoms with van der Waals surface area (Å²) in [7, 11) is -4.07. The molecule has 0 aliphatic carbocycles. The van der Waals surface area contributed by atoms with E-state index in [0.717, 1.165) is 10.4 Å². The molecule has 0 aromatic heterocycles. The van der Waals surface area contributed by atoms with Crippen molar-refractivity contribution in [3.8, 4) is 6.07 Å². The molecule has 1 rings (SSSR count). The smallest absolute Gasteiger partial charge is 0.258 e. The summed E-state index contributed by atoms with van der Waals surface area (Å²) in [5.74, 6) is 0. The normalized spacial score (nSPS) is 11.5. The number of nitro groups is 1. The zero-order chi connectivity index (χ0) is 14.6. The van der Waals surface area contributed by atoms with Crippen molar-refractivity contribution in [1.82, 2.24) is 4.31 Å². The molecule has 0 unspecified atom stereocenters. The average Bonchev–Trinajstić information content (AvgIpc) is 2.35. The third-order valence-electron chi connectivity index (χ3n) is 2.45. The van der Waals surface area contributed by atoms with Crippen molar-refractivity contribution < 1.29 is 13.3 Å². The number of hydrogen-bond acceptors (Lipinski definition) is 5. The van der Waals surface area contributed by atoms with Crippen LogP contribution in [0.15, 0.2) is 29.2 Å². The van der Waals surface area contributed by atoms with Crippen LogP contribution in [-0.2, 0) is 10.0 Å². The second-order valence-corrected chi connectivity index (χ2v) is 5.89. The van der Waals surface area contributed by atoms with Gasteiger partial charge in [-0.05, 0) is 19.9 Å². The van der Waals surface area contributed by atoms with Gasteiger partial charge in [0.1, 0.15) is 6.54 Å². The van der Waals surface area contributed by atoms with Gasteiger partial charge in [-0.1, -0.05) is 12.1 Å². The van der Waals surface area contributed by atoms with Gasteiger partial charge < -0.3 is 0 Å². The van der Waals surface area contributed by atoms with E-state index in [4.69, 9.17) is 5.26 Å². The molecule has 0 saturated heterocycles. The van der Waals surface area contributed by atoms with Gasteiger partial charge >= 0.3 is 0 Å². The molecule has 0 amide bonds. The Hall–Kier alpha value is -1.98. The largest absolute Gasteiger partial charge is 0.289 e. The number of rotatable bonds is 5. The van der Waals surface area contributed by atoms with E-state index in [1.165, 1.54) is 18.2 Å². The minimum atomic E-state index is -4.07. The Kier molecular flexibility index (Phi) is 4.58. The van der Waals surface area contributed by atoms with Crippen LogP contribution >= 0.6 is 0 Å². The lowest BCUT2D eigenvalue weighted by molar-refractivity contribution is -0.387. The van der Waals surface area contributed by atoms with Crippen molar-refractivity contribution in [1.29, 1.82) is 5.26 Å². The third kappa shape index (κ3) is 3.07. The van der Waals surface area contributed by atoms with Crippen molar-refractivity contribution in [2.75, 3.05) is 6.54 Å². The summed E-state index contributed by atoms with van der Waals surface area (Å²) in [4.78, 5) is 9.72. The highest BCUT2D eigenvalue weighted by Crippen LogP contribution is 2.27. The topological polar surface area (TPSA) is 104 Å². The van der Waals surface area contributed by atoms with E-state index in [1.807, 2.05) is 0 Å². The Balaban J connectivity index is 3.43. The molecule has 0 atom stereocenters. The van der Waals surface area contributed by atoms with Crippen LogP contribution in [0.25, 0.3) is 0 Å². The summed E-state index contributed by atoms with van der Waals surface area (Å²) in [5.41, 5.74) is -0.494. The van der Waals surface area contributed by atoms with Gasteiger partial charge in [-0.2, -0.15) is 9.57 Å². The van der Waals surface area contributed by atoms with Crippen LogP contribution in [0.4, 0.5) is 5.69 Å². The predicted octanol–water partition coefficient (Wildman–Crippen LogP) is 1.52. The highest BCUT2D eigenvalue weighted by Gasteiger charge is 2.32. The number of sulfonamides is 1. The first-order chi connectivity index (χ1) is 8.82. The standard InChI is InChI=1S/C11H13N3O4S/c1-9(2)13(8-7-12)19(17,18)11-6-4-3-5-10(11)14(15)16/h3-6,9H,8H2,1-2H3. The maximum Gasteiger partial charge on any atom is 0.289 e. The first-order valence-electron chi connectivity index (χ1n) is 5.44. The van der Waals surface area contributed by atoms with Crippen molar-refractivity contribution in [3.63, 3.8) is 0 Å². The summed E-state index contributed by atoms with van der Waals surface area (Å²) in [6.45, 7) is 2.85. The maximum absolute atomic E-state index is 12.4. The molecule has 0 radical (unpaired) electrons. The molecule has 7 nitrogen and oxygen atoms in total. The minimum absolute atomic E-state index is 0.355. The molecule has 0 saturated carbocycles. The Bertz CT molecular complexity index is 619. The van der Waals surface area contributed by atoms with Gasteiger partial charge in [-0.3, -0.25) is 10.1 Å². The quantitative estimate of drug-likeness (QED) is 0.463. The lowest BCUT2D eigenvalue weighted by atomic mass is 10.3. The Morgan fingerprint density at radius 3 is 2.47 bits per heavy atom. The summed E-state index contributed by atoms with van der Waals surface area (Å²) >= 11 is 0. The van der Waals surface area contributed by atoms with Crippen LogP contribution in [0.5, 0.6) is 0 Å². The van der Waals surface area contributed by atoms with Crippen molar-refractivity contribution in [3.05, 3.63) is 34.4 Å². The van der Waals surface area contributed by atoms with E-state index < -0.39 is 31.6 Å². The molecule has 8 heteroatoms. The summed E-state index contributed by atoms with van der Waals surface area (Å²) in [6.07, 6.45) is 0. The number of nitrogens with zero attached hydrogens (tertiary/aromatic N) is 3. The van der Waals surface area contributed by atoms with Gasteiger partial charge in [0.15, 0.2) is 4.90 Å². The molecule has 0 bridgehead atoms. The molecule has 0 N–H and O–H groups in total. The van der Waals surface area contributed by atoms with E-state index in [1.54, 1.807) is 19.9 Å². The van der Waals surface area contributed by atoms with Gasteiger partial charge in [0.2, 0.25) is 0 Å². The fraction of sp³-hybridized carbons (Fsp3) is 0.364. The first-order valence-corrected chi connectivity index (χ1v) is 6.88. The minimum Gasteiger partial charge on any atom is -0.258 e. The molecule has 1 aromatic carbocycles. The molecule has 0 aliphatic heterocycles. The van der Waals surface area contributed by atoms with E-state index >= 15 is 0 Å². The zero-order valence-electron chi connectivity index (χ0n) is 10.5. The predicted molar refractivity (Wildman–Crippen MR) is 67.7 cm³/mol. The molecule has 102 valence electrons. The Morgan fingerprint density at radius 1 is 1.42 bits per heavy atom. The van der Waals surface area contributed by atoms with Gasteiger partial charge in [-0.25, -0.2) is 8.42 Å². The molecule has 0 fully saturated rings. The highest BCUT2D eigenvalue weighted by atomic mass is 32.2. The molecule has 1 aromatic rings. The summed E-state index contributed by atoms with van der Waals surface area (Å²) < 4.78 is 25.6. The lowest BCUT2D eigenvalue weighted by Gasteiger charge is -2.22. The number of nitriles is 1. The molecule has 0 spiro atoms. The molecule has 0 aliphatic rings. The Labute approximate surface area is 111 Å². The number of benzene rings is 1. The molecular weight excluding hydrogens is 270 g/mol. The number of hydrogen-bond donors (Lipinski definition) is 0. The fourth-order valence-corrected chi connectivity index (χ4v) is 3.26. The zero-order valence-corrected chi connectivity index (χ0v) is 11.3. The van der Waals surface area contributed by atoms with Gasteiger partial charge in [0, 0.05) is 12.1 Å². The molecule has 0 heterocycles. The van der Waals surface area contributed by atoms with Crippen molar-refractivity contribution in [2.24, 2.45) is 0 Å². The van der Waals surface area contributed by atoms with Gasteiger partial charge in [0.25, 0.3) is 15.7 Å². The summed E-state index contributed by atoms with van der Waals surface area (Å²) in [5, 5.41) is 19.6. The second kappa shape index (κ2) is 5.77. The van der Waals surface area contributed by atoms with Gasteiger partial charge in [-0.15, -0.1) is 0 Å². The van der Waals surface area contributed by atoms with Crippen LogP contribution in [0.3, 0.4) is 0 Å². The molecule has 19 heavy (non-hydrogen) atoms. The van der Waals surface area contributed by atoms with E-state index in [-0.39, 0.29) is 6.54 Å².